The van der Waals surface area contributed by atoms with Crippen molar-refractivity contribution in [3.63, 3.8) is 0 Å². The first-order chi connectivity index (χ1) is 13.3. The van der Waals surface area contributed by atoms with Gasteiger partial charge in [0, 0.05) is 61.7 Å². The smallest absolute Gasteiger partial charge is 0.272 e. The van der Waals surface area contributed by atoms with Crippen LogP contribution in [-0.2, 0) is 0 Å². The van der Waals surface area contributed by atoms with Crippen LogP contribution in [0.15, 0.2) is 53.5 Å². The number of fused-ring (bicyclic) bond motifs is 1. The van der Waals surface area contributed by atoms with E-state index in [1.807, 2.05) is 41.4 Å². The minimum absolute atomic E-state index is 0.0353. The molecule has 0 bridgehead atoms. The fraction of sp³-hybridized carbons (Fsp3) is 0.381. The average molecular weight is 361 g/mol. The Balaban J connectivity index is 1.31. The number of aliphatic imine (C=N–C) groups is 1. The van der Waals surface area contributed by atoms with Crippen LogP contribution in [0.2, 0.25) is 0 Å². The van der Waals surface area contributed by atoms with Gasteiger partial charge in [0.2, 0.25) is 0 Å². The summed E-state index contributed by atoms with van der Waals surface area (Å²) in [6, 6.07) is 9.87. The van der Waals surface area contributed by atoms with Crippen LogP contribution in [0, 0.1) is 11.8 Å². The molecule has 0 spiro atoms. The van der Waals surface area contributed by atoms with Gasteiger partial charge in [-0.3, -0.25) is 9.79 Å². The zero-order valence-corrected chi connectivity index (χ0v) is 15.2. The molecule has 1 saturated carbocycles. The maximum atomic E-state index is 13.2. The molecule has 138 valence electrons. The van der Waals surface area contributed by atoms with Gasteiger partial charge in [0.25, 0.3) is 5.91 Å². The summed E-state index contributed by atoms with van der Waals surface area (Å²) in [7, 11) is 0. The van der Waals surface area contributed by atoms with Gasteiger partial charge in [-0.25, -0.2) is 4.98 Å². The molecule has 2 unspecified atom stereocenters. The number of allylic oxidation sites excluding steroid dienone is 1. The zero-order valence-electron chi connectivity index (χ0n) is 15.2. The summed E-state index contributed by atoms with van der Waals surface area (Å²) < 4.78 is 0. The van der Waals surface area contributed by atoms with Crippen LogP contribution in [0.4, 0.5) is 0 Å². The van der Waals surface area contributed by atoms with Gasteiger partial charge in [0.15, 0.2) is 0 Å². The summed E-state index contributed by atoms with van der Waals surface area (Å²) in [6.45, 7) is 3.35. The quantitative estimate of drug-likeness (QED) is 0.914. The summed E-state index contributed by atoms with van der Waals surface area (Å²) in [5.74, 6) is 1.33. The maximum Gasteiger partial charge on any atom is 0.272 e. The number of aromatic nitrogens is 2. The Kier molecular flexibility index (Phi) is 4.03. The zero-order chi connectivity index (χ0) is 18.2. The monoisotopic (exact) mass is 361 g/mol. The highest BCUT2D eigenvalue weighted by Gasteiger charge is 2.42. The van der Waals surface area contributed by atoms with Crippen LogP contribution >= 0.6 is 0 Å². The summed E-state index contributed by atoms with van der Waals surface area (Å²) in [5, 5.41) is 0. The fourth-order valence-corrected chi connectivity index (χ4v) is 4.17. The first-order valence-electron chi connectivity index (χ1n) is 9.67. The molecule has 5 rings (SSSR count). The van der Waals surface area contributed by atoms with E-state index in [1.54, 1.807) is 6.33 Å². The molecule has 3 heterocycles. The third-order valence-electron chi connectivity index (χ3n) is 5.75. The number of nitrogens with one attached hydrogen (secondary N) is 1. The summed E-state index contributed by atoms with van der Waals surface area (Å²) in [5.41, 5.74) is 3.64. The minimum Gasteiger partial charge on any atom is -0.371 e. The molecule has 1 amide bonds. The number of hydrogen-bond acceptors (Lipinski definition) is 4. The molecule has 0 radical (unpaired) electrons. The predicted molar refractivity (Wildman–Crippen MR) is 104 cm³/mol. The Labute approximate surface area is 158 Å². The number of benzene rings is 1. The van der Waals surface area contributed by atoms with Crippen LogP contribution in [0.5, 0.6) is 0 Å². The Hall–Kier alpha value is -2.89. The number of carbonyl (C=O) groups is 1. The molecule has 3 aliphatic rings. The first kappa shape index (κ1) is 16.3. The molecular formula is C21H23N5O. The van der Waals surface area contributed by atoms with Crippen molar-refractivity contribution < 1.29 is 4.79 Å². The summed E-state index contributed by atoms with van der Waals surface area (Å²) in [4.78, 5) is 29.4. The molecule has 2 fully saturated rings. The Bertz CT molecular complexity index is 900. The second kappa shape index (κ2) is 6.68. The van der Waals surface area contributed by atoms with E-state index >= 15 is 0 Å². The van der Waals surface area contributed by atoms with Crippen molar-refractivity contribution in [3.8, 4) is 11.3 Å². The van der Waals surface area contributed by atoms with Gasteiger partial charge in [0.05, 0.1) is 6.33 Å². The lowest BCUT2D eigenvalue weighted by atomic mass is 10.1. The highest BCUT2D eigenvalue weighted by atomic mass is 16.2. The van der Waals surface area contributed by atoms with Crippen LogP contribution < -0.4 is 0 Å². The molecule has 6 heteroatoms. The molecule has 2 aliphatic heterocycles. The van der Waals surface area contributed by atoms with E-state index < -0.39 is 0 Å². The maximum absolute atomic E-state index is 13.2. The van der Waals surface area contributed by atoms with Crippen LogP contribution in [0.25, 0.3) is 11.3 Å². The molecule has 1 aromatic carbocycles. The van der Waals surface area contributed by atoms with Gasteiger partial charge in [-0.05, 0) is 12.8 Å². The van der Waals surface area contributed by atoms with E-state index in [0.717, 1.165) is 43.9 Å². The highest BCUT2D eigenvalue weighted by molar-refractivity contribution is 5.98. The standard InChI is InChI=1S/C21H23N5O/c27-21(20-19(23-14-24-20)15-5-2-1-3-6-15)26-8-4-7-25(9-10-26)18-13-22-12-16-11-17(16)18/h1-3,5-6,12-14,16-17H,4,7-11H2,(H,23,24). The number of rotatable bonds is 3. The number of imidazole rings is 1. The minimum atomic E-state index is 0.0353. The molecule has 2 atom stereocenters. The van der Waals surface area contributed by atoms with E-state index in [1.165, 1.54) is 12.1 Å². The second-order valence-corrected chi connectivity index (χ2v) is 7.48. The Morgan fingerprint density at radius 2 is 2.00 bits per heavy atom. The largest absolute Gasteiger partial charge is 0.371 e. The van der Waals surface area contributed by atoms with Gasteiger partial charge < -0.3 is 14.8 Å². The van der Waals surface area contributed by atoms with Crippen molar-refractivity contribution in [2.45, 2.75) is 12.8 Å². The van der Waals surface area contributed by atoms with Crippen LogP contribution in [0.1, 0.15) is 23.3 Å². The summed E-state index contributed by atoms with van der Waals surface area (Å²) in [6.07, 6.45) is 7.90. The third kappa shape index (κ3) is 3.05. The van der Waals surface area contributed by atoms with Gasteiger partial charge in [0.1, 0.15) is 11.4 Å². The Morgan fingerprint density at radius 1 is 1.11 bits per heavy atom. The SMILES string of the molecule is O=C(c1[nH]cnc1-c1ccccc1)N1CCCN(C2=CN=CC3CC23)CC1. The normalized spacial score (nSPS) is 24.2. The number of carbonyl (C=O) groups excluding carboxylic acids is 1. The number of amides is 1. The first-order valence-corrected chi connectivity index (χ1v) is 9.67. The van der Waals surface area contributed by atoms with E-state index in [-0.39, 0.29) is 5.91 Å². The molecule has 27 heavy (non-hydrogen) atoms. The lowest BCUT2D eigenvalue weighted by Crippen LogP contribution is -2.35. The van der Waals surface area contributed by atoms with E-state index in [0.29, 0.717) is 17.5 Å². The molecule has 1 aliphatic carbocycles. The molecule has 1 aromatic heterocycles. The lowest BCUT2D eigenvalue weighted by molar-refractivity contribution is 0.0758. The van der Waals surface area contributed by atoms with Crippen molar-refractivity contribution in [1.82, 2.24) is 19.8 Å². The van der Waals surface area contributed by atoms with Gasteiger partial charge >= 0.3 is 0 Å². The topological polar surface area (TPSA) is 64.6 Å². The highest BCUT2D eigenvalue weighted by Crippen LogP contribution is 2.46. The van der Waals surface area contributed by atoms with Gasteiger partial charge in [-0.15, -0.1) is 0 Å². The van der Waals surface area contributed by atoms with Crippen molar-refractivity contribution in [2.75, 3.05) is 26.2 Å². The second-order valence-electron chi connectivity index (χ2n) is 7.48. The molecule has 6 nitrogen and oxygen atoms in total. The van der Waals surface area contributed by atoms with E-state index in [4.69, 9.17) is 0 Å². The van der Waals surface area contributed by atoms with Crippen molar-refractivity contribution >= 4 is 12.1 Å². The van der Waals surface area contributed by atoms with E-state index in [2.05, 4.69) is 26.1 Å². The van der Waals surface area contributed by atoms with Crippen LogP contribution in [0.3, 0.4) is 0 Å². The molecule has 1 N–H and O–H groups in total. The fourth-order valence-electron chi connectivity index (χ4n) is 4.17. The third-order valence-corrected chi connectivity index (χ3v) is 5.75. The number of nitrogens with zero attached hydrogens (tertiary/aromatic N) is 4. The van der Waals surface area contributed by atoms with Crippen molar-refractivity contribution in [2.24, 2.45) is 16.8 Å². The molecule has 1 saturated heterocycles. The average Bonchev–Trinajstić information content (AvgIpc) is 3.42. The molecule has 2 aromatic rings. The molecular weight excluding hydrogens is 338 g/mol. The number of hydrogen-bond donors (Lipinski definition) is 1. The Morgan fingerprint density at radius 3 is 2.89 bits per heavy atom. The van der Waals surface area contributed by atoms with Crippen LogP contribution in [-0.4, -0.2) is 58.1 Å². The van der Waals surface area contributed by atoms with Gasteiger partial charge in [-0.2, -0.15) is 0 Å². The summed E-state index contributed by atoms with van der Waals surface area (Å²) >= 11 is 0. The van der Waals surface area contributed by atoms with Gasteiger partial charge in [-0.1, -0.05) is 30.3 Å². The number of aromatic amines is 1. The predicted octanol–water partition coefficient (Wildman–Crippen LogP) is 2.79. The number of H-pyrrole nitrogens is 1. The van der Waals surface area contributed by atoms with E-state index in [9.17, 15) is 4.79 Å². The van der Waals surface area contributed by atoms with Crippen molar-refractivity contribution in [1.29, 1.82) is 0 Å². The van der Waals surface area contributed by atoms with Crippen molar-refractivity contribution in [3.05, 3.63) is 54.3 Å². The lowest BCUT2D eigenvalue weighted by Gasteiger charge is -2.27.